The van der Waals surface area contributed by atoms with Crippen molar-refractivity contribution in [2.24, 2.45) is 7.05 Å². The number of aryl methyl sites for hydroxylation is 3. The average molecular weight is 377 g/mol. The molecule has 0 saturated carbocycles. The number of nitrogens with zero attached hydrogens (tertiary/aromatic N) is 2. The Morgan fingerprint density at radius 1 is 0.759 bits per heavy atom. The molecule has 142 valence electrons. The lowest BCUT2D eigenvalue weighted by molar-refractivity contribution is 0.858. The van der Waals surface area contributed by atoms with E-state index >= 15 is 0 Å². The van der Waals surface area contributed by atoms with Gasteiger partial charge in [0.25, 0.3) is 0 Å². The van der Waals surface area contributed by atoms with Crippen molar-refractivity contribution in [3.63, 3.8) is 0 Å². The molecule has 0 spiro atoms. The highest BCUT2D eigenvalue weighted by molar-refractivity contribution is 5.76. The molecule has 2 nitrogen and oxygen atoms in total. The maximum absolute atomic E-state index is 4.67. The minimum atomic E-state index is 1.00. The Labute approximate surface area is 172 Å². The molecule has 4 aromatic rings. The van der Waals surface area contributed by atoms with E-state index in [0.717, 1.165) is 22.6 Å². The fraction of sp³-hybridized carbons (Fsp3) is 0.148. The van der Waals surface area contributed by atoms with Crippen LogP contribution in [-0.2, 0) is 7.05 Å². The molecule has 4 rings (SSSR count). The highest BCUT2D eigenvalue weighted by Gasteiger charge is 2.08. The maximum Gasteiger partial charge on any atom is 0.105 e. The number of benzene rings is 3. The normalized spacial score (nSPS) is 10.5. The van der Waals surface area contributed by atoms with Crippen LogP contribution >= 0.6 is 0 Å². The first kappa shape index (κ1) is 18.8. The summed E-state index contributed by atoms with van der Waals surface area (Å²) in [6, 6.07) is 23.8. The predicted octanol–water partition coefficient (Wildman–Crippen LogP) is 6.41. The van der Waals surface area contributed by atoms with Crippen LogP contribution in [0.25, 0.3) is 33.5 Å². The van der Waals surface area contributed by atoms with Gasteiger partial charge in [-0.3, -0.25) is 0 Å². The fourth-order valence-electron chi connectivity index (χ4n) is 3.60. The van der Waals surface area contributed by atoms with E-state index in [1.54, 1.807) is 0 Å². The molecule has 1 heterocycles. The van der Waals surface area contributed by atoms with Crippen LogP contribution in [0.2, 0.25) is 0 Å². The van der Waals surface area contributed by atoms with E-state index in [1.807, 2.05) is 20.9 Å². The minimum Gasteiger partial charge on any atom is -0.338 e. The zero-order valence-electron chi connectivity index (χ0n) is 17.3. The molecule has 0 N–H and O–H groups in total. The predicted molar refractivity (Wildman–Crippen MR) is 122 cm³/mol. The van der Waals surface area contributed by atoms with Crippen LogP contribution in [0.1, 0.15) is 23.9 Å². The molecule has 1 aromatic heterocycles. The number of aromatic nitrogens is 2. The Morgan fingerprint density at radius 3 is 2.00 bits per heavy atom. The van der Waals surface area contributed by atoms with Gasteiger partial charge >= 0.3 is 0 Å². The highest BCUT2D eigenvalue weighted by Crippen LogP contribution is 2.30. The fourth-order valence-corrected chi connectivity index (χ4v) is 3.60. The standard InChI is InChI=1S/C27H24N2/c1-5-8-21-13-19(2)14-26(15-21)24-11-6-9-22(16-24)23-10-7-12-25(17-23)27-18-29(4)20(3)28-27/h6-7,9-18H,1-4H3. The summed E-state index contributed by atoms with van der Waals surface area (Å²) in [6.45, 7) is 6.01. The first-order chi connectivity index (χ1) is 14.0. The van der Waals surface area contributed by atoms with Gasteiger partial charge in [0.05, 0.1) is 5.69 Å². The third-order valence-corrected chi connectivity index (χ3v) is 5.14. The van der Waals surface area contributed by atoms with Crippen molar-refractivity contribution in [1.29, 1.82) is 0 Å². The lowest BCUT2D eigenvalue weighted by atomic mass is 9.96. The molecule has 0 radical (unpaired) electrons. The van der Waals surface area contributed by atoms with Gasteiger partial charge in [-0.2, -0.15) is 0 Å². The van der Waals surface area contributed by atoms with E-state index < -0.39 is 0 Å². The summed E-state index contributed by atoms with van der Waals surface area (Å²) >= 11 is 0. The van der Waals surface area contributed by atoms with Crippen molar-refractivity contribution in [2.45, 2.75) is 20.8 Å². The van der Waals surface area contributed by atoms with Gasteiger partial charge in [-0.1, -0.05) is 48.4 Å². The van der Waals surface area contributed by atoms with Gasteiger partial charge in [-0.25, -0.2) is 4.98 Å². The molecule has 0 saturated heterocycles. The maximum atomic E-state index is 4.67. The lowest BCUT2D eigenvalue weighted by Crippen LogP contribution is -1.86. The number of hydrogen-bond donors (Lipinski definition) is 0. The quantitative estimate of drug-likeness (QED) is 0.378. The number of rotatable bonds is 3. The van der Waals surface area contributed by atoms with Gasteiger partial charge in [0.15, 0.2) is 0 Å². The van der Waals surface area contributed by atoms with E-state index in [4.69, 9.17) is 0 Å². The molecule has 0 atom stereocenters. The van der Waals surface area contributed by atoms with Crippen LogP contribution in [0.5, 0.6) is 0 Å². The molecule has 2 heteroatoms. The van der Waals surface area contributed by atoms with E-state index in [-0.39, 0.29) is 0 Å². The van der Waals surface area contributed by atoms with Crippen LogP contribution in [0, 0.1) is 25.7 Å². The second-order valence-corrected chi connectivity index (χ2v) is 7.41. The highest BCUT2D eigenvalue weighted by atomic mass is 15.0. The number of imidazole rings is 1. The Balaban J connectivity index is 1.75. The average Bonchev–Trinajstić information content (AvgIpc) is 3.07. The summed E-state index contributed by atoms with van der Waals surface area (Å²) in [5, 5.41) is 0. The summed E-state index contributed by atoms with van der Waals surface area (Å²) < 4.78 is 2.05. The summed E-state index contributed by atoms with van der Waals surface area (Å²) in [4.78, 5) is 4.67. The second-order valence-electron chi connectivity index (χ2n) is 7.41. The van der Waals surface area contributed by atoms with Crippen molar-refractivity contribution in [3.8, 4) is 45.4 Å². The molecule has 29 heavy (non-hydrogen) atoms. The van der Waals surface area contributed by atoms with E-state index in [9.17, 15) is 0 Å². The molecule has 0 amide bonds. The van der Waals surface area contributed by atoms with Crippen LogP contribution in [-0.4, -0.2) is 9.55 Å². The Bertz CT molecular complexity index is 1230. The third-order valence-electron chi connectivity index (χ3n) is 5.14. The largest absolute Gasteiger partial charge is 0.338 e. The van der Waals surface area contributed by atoms with Crippen molar-refractivity contribution in [1.82, 2.24) is 9.55 Å². The summed E-state index contributed by atoms with van der Waals surface area (Å²) in [6.07, 6.45) is 2.08. The van der Waals surface area contributed by atoms with E-state index in [1.165, 1.54) is 27.8 Å². The first-order valence-corrected chi connectivity index (χ1v) is 9.79. The van der Waals surface area contributed by atoms with Crippen LogP contribution < -0.4 is 0 Å². The van der Waals surface area contributed by atoms with Crippen LogP contribution in [0.4, 0.5) is 0 Å². The molecule has 0 fully saturated rings. The van der Waals surface area contributed by atoms with Crippen molar-refractivity contribution < 1.29 is 0 Å². The molecule has 0 aliphatic rings. The molecule has 0 unspecified atom stereocenters. The molecule has 3 aromatic carbocycles. The molecule has 0 aliphatic carbocycles. The summed E-state index contributed by atoms with van der Waals surface area (Å²) in [5.74, 6) is 7.19. The zero-order chi connectivity index (χ0) is 20.4. The van der Waals surface area contributed by atoms with Crippen molar-refractivity contribution >= 4 is 0 Å². The van der Waals surface area contributed by atoms with Crippen LogP contribution in [0.3, 0.4) is 0 Å². The SMILES string of the molecule is CC#Cc1cc(C)cc(-c2cccc(-c3cccc(-c4cn(C)c(C)n4)c3)c2)c1. The van der Waals surface area contributed by atoms with Gasteiger partial charge in [0.2, 0.25) is 0 Å². The lowest BCUT2D eigenvalue weighted by Gasteiger charge is -2.09. The third kappa shape index (κ3) is 4.00. The number of hydrogen-bond acceptors (Lipinski definition) is 1. The monoisotopic (exact) mass is 376 g/mol. The van der Waals surface area contributed by atoms with Gasteiger partial charge in [0, 0.05) is 24.4 Å². The Morgan fingerprint density at radius 2 is 1.38 bits per heavy atom. The van der Waals surface area contributed by atoms with Gasteiger partial charge < -0.3 is 4.57 Å². The second kappa shape index (κ2) is 7.81. The van der Waals surface area contributed by atoms with E-state index in [0.29, 0.717) is 0 Å². The smallest absolute Gasteiger partial charge is 0.105 e. The van der Waals surface area contributed by atoms with Gasteiger partial charge in [-0.05, 0) is 72.9 Å². The van der Waals surface area contributed by atoms with E-state index in [2.05, 4.69) is 101 Å². The Hall–Kier alpha value is -3.57. The summed E-state index contributed by atoms with van der Waals surface area (Å²) in [7, 11) is 2.03. The van der Waals surface area contributed by atoms with Crippen LogP contribution in [0.15, 0.2) is 72.9 Å². The summed E-state index contributed by atoms with van der Waals surface area (Å²) in [5.41, 5.74) is 9.19. The first-order valence-electron chi connectivity index (χ1n) is 9.79. The molecular formula is C27H24N2. The minimum absolute atomic E-state index is 1.00. The van der Waals surface area contributed by atoms with Crippen molar-refractivity contribution in [2.75, 3.05) is 0 Å². The molecular weight excluding hydrogens is 352 g/mol. The van der Waals surface area contributed by atoms with Gasteiger partial charge in [0.1, 0.15) is 5.82 Å². The zero-order valence-corrected chi connectivity index (χ0v) is 17.3. The topological polar surface area (TPSA) is 17.8 Å². The molecule has 0 bridgehead atoms. The van der Waals surface area contributed by atoms with Crippen molar-refractivity contribution in [3.05, 3.63) is 89.9 Å². The van der Waals surface area contributed by atoms with Gasteiger partial charge in [-0.15, -0.1) is 5.92 Å². The Kier molecular flexibility index (Phi) is 5.06. The molecule has 0 aliphatic heterocycles.